The molecule has 1 atom stereocenters. The number of nitrogens with zero attached hydrogens (tertiary/aromatic N) is 2. The number of aryl methyl sites for hydroxylation is 2. The molecule has 1 aromatic heterocycles. The maximum Gasteiger partial charge on any atom is 0.130 e. The Hall–Kier alpha value is -1.81. The molecule has 2 N–H and O–H groups in total. The average Bonchev–Trinajstić information content (AvgIpc) is 2.77. The van der Waals surface area contributed by atoms with Crippen LogP contribution < -0.4 is 10.5 Å². The van der Waals surface area contributed by atoms with Gasteiger partial charge in [0, 0.05) is 13.1 Å². The van der Waals surface area contributed by atoms with E-state index in [1.54, 1.807) is 0 Å². The zero-order valence-corrected chi connectivity index (χ0v) is 11.8. The number of hydrogen-bond acceptors (Lipinski definition) is 3. The van der Waals surface area contributed by atoms with Gasteiger partial charge in [-0.3, -0.25) is 4.68 Å². The second kappa shape index (κ2) is 5.89. The molecule has 0 spiro atoms. The lowest BCUT2D eigenvalue weighted by Crippen LogP contribution is -2.06. The summed E-state index contributed by atoms with van der Waals surface area (Å²) in [5.41, 5.74) is 9.11. The maximum absolute atomic E-state index is 5.87. The van der Waals surface area contributed by atoms with E-state index in [4.69, 9.17) is 10.5 Å². The minimum absolute atomic E-state index is 0.0203. The van der Waals surface area contributed by atoms with Crippen molar-refractivity contribution >= 4 is 0 Å². The van der Waals surface area contributed by atoms with Crippen molar-refractivity contribution in [2.24, 2.45) is 12.8 Å². The molecule has 1 heterocycles. The van der Waals surface area contributed by atoms with E-state index in [0.717, 1.165) is 29.1 Å². The van der Waals surface area contributed by atoms with Crippen molar-refractivity contribution in [1.29, 1.82) is 0 Å². The van der Waals surface area contributed by atoms with Gasteiger partial charge in [0.25, 0.3) is 0 Å². The summed E-state index contributed by atoms with van der Waals surface area (Å²) in [5, 5.41) is 4.40. The molecule has 2 aromatic rings. The molecule has 0 saturated carbocycles. The zero-order valence-electron chi connectivity index (χ0n) is 11.8. The Morgan fingerprint density at radius 2 is 2.16 bits per heavy atom. The quantitative estimate of drug-likeness (QED) is 0.898. The zero-order chi connectivity index (χ0) is 13.8. The molecule has 0 unspecified atom stereocenters. The first-order valence-corrected chi connectivity index (χ1v) is 6.60. The molecule has 4 heteroatoms. The normalized spacial score (nSPS) is 12.4. The van der Waals surface area contributed by atoms with E-state index in [1.807, 2.05) is 42.9 Å². The van der Waals surface area contributed by atoms with Crippen LogP contribution in [0.5, 0.6) is 5.75 Å². The molecule has 4 nitrogen and oxygen atoms in total. The fourth-order valence-electron chi connectivity index (χ4n) is 1.92. The van der Waals surface area contributed by atoms with E-state index in [-0.39, 0.29) is 6.04 Å². The van der Waals surface area contributed by atoms with Crippen molar-refractivity contribution in [1.82, 2.24) is 9.78 Å². The molecule has 0 aliphatic heterocycles. The van der Waals surface area contributed by atoms with Crippen LogP contribution in [0.2, 0.25) is 0 Å². The smallest absolute Gasteiger partial charge is 0.130 e. The van der Waals surface area contributed by atoms with Crippen molar-refractivity contribution in [3.05, 3.63) is 47.3 Å². The van der Waals surface area contributed by atoms with Crippen LogP contribution in [0.3, 0.4) is 0 Å². The number of aromatic nitrogens is 2. The highest BCUT2D eigenvalue weighted by Gasteiger charge is 2.06. The van der Waals surface area contributed by atoms with Crippen molar-refractivity contribution in [2.75, 3.05) is 0 Å². The molecule has 0 fully saturated rings. The van der Waals surface area contributed by atoms with Gasteiger partial charge in [0.05, 0.1) is 11.4 Å². The molecule has 0 saturated heterocycles. The third-order valence-electron chi connectivity index (χ3n) is 3.16. The van der Waals surface area contributed by atoms with Crippen LogP contribution >= 0.6 is 0 Å². The van der Waals surface area contributed by atoms with Gasteiger partial charge < -0.3 is 10.5 Å². The molecule has 0 aliphatic carbocycles. The van der Waals surface area contributed by atoms with Gasteiger partial charge in [-0.05, 0) is 37.1 Å². The standard InChI is InChI=1S/C15H21N3O/c1-4-13-9-14(18(3)17-13)10-19-15-7-5-6-12(8-15)11(2)16/h5-9,11H,4,10,16H2,1-3H3/t11-/m0/s1. The summed E-state index contributed by atoms with van der Waals surface area (Å²) < 4.78 is 7.67. The van der Waals surface area contributed by atoms with E-state index in [1.165, 1.54) is 0 Å². The molecule has 102 valence electrons. The molecule has 0 radical (unpaired) electrons. The number of ether oxygens (including phenoxy) is 1. The average molecular weight is 259 g/mol. The molecule has 0 amide bonds. The minimum Gasteiger partial charge on any atom is -0.487 e. The predicted octanol–water partition coefficient (Wildman–Crippen LogP) is 2.58. The van der Waals surface area contributed by atoms with Crippen LogP contribution in [-0.4, -0.2) is 9.78 Å². The summed E-state index contributed by atoms with van der Waals surface area (Å²) in [6, 6.07) is 10.0. The van der Waals surface area contributed by atoms with Crippen LogP contribution in [0.25, 0.3) is 0 Å². The van der Waals surface area contributed by atoms with Gasteiger partial charge in [-0.15, -0.1) is 0 Å². The van der Waals surface area contributed by atoms with E-state index in [0.29, 0.717) is 6.61 Å². The highest BCUT2D eigenvalue weighted by Crippen LogP contribution is 2.18. The highest BCUT2D eigenvalue weighted by molar-refractivity contribution is 5.30. The lowest BCUT2D eigenvalue weighted by molar-refractivity contribution is 0.294. The Labute approximate surface area is 114 Å². The molecular formula is C15H21N3O. The summed E-state index contributed by atoms with van der Waals surface area (Å²) >= 11 is 0. The van der Waals surface area contributed by atoms with E-state index in [2.05, 4.69) is 18.1 Å². The second-order valence-corrected chi connectivity index (χ2v) is 4.75. The maximum atomic E-state index is 5.87. The van der Waals surface area contributed by atoms with Gasteiger partial charge in [0.2, 0.25) is 0 Å². The SMILES string of the molecule is CCc1cc(COc2cccc([C@H](C)N)c2)n(C)n1. The van der Waals surface area contributed by atoms with Gasteiger partial charge in [0.1, 0.15) is 12.4 Å². The van der Waals surface area contributed by atoms with Gasteiger partial charge in [0.15, 0.2) is 0 Å². The first-order valence-electron chi connectivity index (χ1n) is 6.60. The van der Waals surface area contributed by atoms with Crippen LogP contribution in [0.1, 0.15) is 36.8 Å². The Morgan fingerprint density at radius 1 is 1.37 bits per heavy atom. The van der Waals surface area contributed by atoms with Crippen LogP contribution in [-0.2, 0) is 20.1 Å². The van der Waals surface area contributed by atoms with Crippen molar-refractivity contribution in [2.45, 2.75) is 32.9 Å². The molecule has 19 heavy (non-hydrogen) atoms. The van der Waals surface area contributed by atoms with Crippen LogP contribution in [0.15, 0.2) is 30.3 Å². The van der Waals surface area contributed by atoms with Gasteiger partial charge in [-0.2, -0.15) is 5.10 Å². The second-order valence-electron chi connectivity index (χ2n) is 4.75. The lowest BCUT2D eigenvalue weighted by Gasteiger charge is -2.10. The van der Waals surface area contributed by atoms with E-state index >= 15 is 0 Å². The molecular weight excluding hydrogens is 238 g/mol. The molecule has 2 rings (SSSR count). The fraction of sp³-hybridized carbons (Fsp3) is 0.400. The van der Waals surface area contributed by atoms with Crippen LogP contribution in [0, 0.1) is 0 Å². The minimum atomic E-state index is 0.0203. The van der Waals surface area contributed by atoms with Gasteiger partial charge >= 0.3 is 0 Å². The molecule has 1 aromatic carbocycles. The summed E-state index contributed by atoms with van der Waals surface area (Å²) in [7, 11) is 1.94. The summed E-state index contributed by atoms with van der Waals surface area (Å²) in [5.74, 6) is 0.842. The van der Waals surface area contributed by atoms with Crippen molar-refractivity contribution in [3.63, 3.8) is 0 Å². The highest BCUT2D eigenvalue weighted by atomic mass is 16.5. The Morgan fingerprint density at radius 3 is 2.79 bits per heavy atom. The molecule has 0 aliphatic rings. The van der Waals surface area contributed by atoms with E-state index < -0.39 is 0 Å². The van der Waals surface area contributed by atoms with Crippen molar-refractivity contribution in [3.8, 4) is 5.75 Å². The molecule has 0 bridgehead atoms. The van der Waals surface area contributed by atoms with Gasteiger partial charge in [-0.1, -0.05) is 19.1 Å². The summed E-state index contributed by atoms with van der Waals surface area (Å²) in [6.07, 6.45) is 0.939. The lowest BCUT2D eigenvalue weighted by atomic mass is 10.1. The third-order valence-corrected chi connectivity index (χ3v) is 3.16. The number of benzene rings is 1. The fourth-order valence-corrected chi connectivity index (χ4v) is 1.92. The Bertz CT molecular complexity index is 546. The summed E-state index contributed by atoms with van der Waals surface area (Å²) in [4.78, 5) is 0. The van der Waals surface area contributed by atoms with Gasteiger partial charge in [-0.25, -0.2) is 0 Å². The first kappa shape index (κ1) is 13.6. The largest absolute Gasteiger partial charge is 0.487 e. The first-order chi connectivity index (χ1) is 9.10. The topological polar surface area (TPSA) is 53.1 Å². The third kappa shape index (κ3) is 3.35. The summed E-state index contributed by atoms with van der Waals surface area (Å²) in [6.45, 7) is 4.58. The van der Waals surface area contributed by atoms with E-state index in [9.17, 15) is 0 Å². The number of nitrogens with two attached hydrogens (primary N) is 1. The van der Waals surface area contributed by atoms with Crippen molar-refractivity contribution < 1.29 is 4.74 Å². The number of hydrogen-bond donors (Lipinski definition) is 1. The Balaban J connectivity index is 2.05. The van der Waals surface area contributed by atoms with Crippen LogP contribution in [0.4, 0.5) is 0 Å². The predicted molar refractivity (Wildman–Crippen MR) is 76.0 cm³/mol. The Kier molecular flexibility index (Phi) is 4.22. The number of rotatable bonds is 5. The monoisotopic (exact) mass is 259 g/mol.